The average Bonchev–Trinajstić information content (AvgIpc) is 2.42. The molecule has 5 N–H and O–H groups in total. The Hall–Kier alpha value is -2.33. The van der Waals surface area contributed by atoms with Gasteiger partial charge in [0.05, 0.1) is 17.6 Å². The van der Waals surface area contributed by atoms with Gasteiger partial charge < -0.3 is 20.9 Å². The van der Waals surface area contributed by atoms with Gasteiger partial charge in [0.25, 0.3) is 0 Å². The molecule has 0 bridgehead atoms. The summed E-state index contributed by atoms with van der Waals surface area (Å²) in [6.45, 7) is -0.453. The summed E-state index contributed by atoms with van der Waals surface area (Å²) in [6.07, 6.45) is -1.02. The zero-order valence-electron chi connectivity index (χ0n) is 11.2. The number of anilines is 1. The van der Waals surface area contributed by atoms with E-state index in [-0.39, 0.29) is 29.3 Å². The van der Waals surface area contributed by atoms with Crippen LogP contribution in [0.5, 0.6) is 0 Å². The van der Waals surface area contributed by atoms with E-state index in [1.54, 1.807) is 0 Å². The molecular weight excluding hydrogens is 302 g/mol. The number of carbonyl (C=O) groups is 2. The largest absolute Gasteiger partial charge is 0.465 e. The summed E-state index contributed by atoms with van der Waals surface area (Å²) < 4.78 is 35.3. The van der Waals surface area contributed by atoms with Crippen molar-refractivity contribution >= 4 is 27.8 Å². The van der Waals surface area contributed by atoms with Crippen molar-refractivity contribution < 1.29 is 27.5 Å². The fourth-order valence-corrected chi connectivity index (χ4v) is 2.68. The van der Waals surface area contributed by atoms with Crippen LogP contribution in [-0.2, 0) is 19.5 Å². The first-order chi connectivity index (χ1) is 9.77. The second kappa shape index (κ2) is 6.90. The van der Waals surface area contributed by atoms with Gasteiger partial charge in [-0.1, -0.05) is 0 Å². The zero-order valence-corrected chi connectivity index (χ0v) is 12.0. The number of ether oxygens (including phenoxy) is 2. The summed E-state index contributed by atoms with van der Waals surface area (Å²) in [6, 6.07) is 3.75. The van der Waals surface area contributed by atoms with Crippen LogP contribution in [0.3, 0.4) is 0 Å². The van der Waals surface area contributed by atoms with Crippen molar-refractivity contribution in [2.45, 2.75) is 4.90 Å². The van der Waals surface area contributed by atoms with Gasteiger partial charge in [-0.3, -0.25) is 0 Å². The Morgan fingerprint density at radius 2 is 2.00 bits per heavy atom. The van der Waals surface area contributed by atoms with Crippen LogP contribution in [0.2, 0.25) is 0 Å². The molecule has 0 saturated carbocycles. The Labute approximate surface area is 121 Å². The molecule has 0 heterocycles. The number of benzene rings is 1. The lowest BCUT2D eigenvalue weighted by Gasteiger charge is -2.11. The second-order valence-electron chi connectivity index (χ2n) is 3.81. The molecule has 1 aromatic carbocycles. The van der Waals surface area contributed by atoms with E-state index in [0.29, 0.717) is 0 Å². The number of esters is 1. The highest BCUT2D eigenvalue weighted by molar-refractivity contribution is 7.89. The fraction of sp³-hybridized carbons (Fsp3) is 0.273. The predicted octanol–water partition coefficient (Wildman–Crippen LogP) is -0.571. The molecule has 0 aliphatic rings. The molecule has 1 aromatic rings. The molecule has 0 fully saturated rings. The van der Waals surface area contributed by atoms with Crippen LogP contribution in [0.1, 0.15) is 10.4 Å². The van der Waals surface area contributed by atoms with Crippen molar-refractivity contribution in [1.82, 2.24) is 4.72 Å². The molecule has 21 heavy (non-hydrogen) atoms. The van der Waals surface area contributed by atoms with E-state index in [2.05, 4.69) is 14.2 Å². The standard InChI is InChI=1S/C11H15N3O6S/c1-19-10(15)8-3-2-7(12)6-9(8)21(17,18)14-4-5-20-11(13)16/h2-3,6,14H,4-5,12H2,1H3,(H2,13,16). The first kappa shape index (κ1) is 16.7. The number of rotatable bonds is 6. The summed E-state index contributed by atoms with van der Waals surface area (Å²) in [4.78, 5) is 21.6. The van der Waals surface area contributed by atoms with Crippen molar-refractivity contribution in [2.75, 3.05) is 26.0 Å². The molecule has 116 valence electrons. The fourth-order valence-electron chi connectivity index (χ4n) is 1.45. The van der Waals surface area contributed by atoms with Gasteiger partial charge in [-0.25, -0.2) is 22.7 Å². The summed E-state index contributed by atoms with van der Waals surface area (Å²) in [7, 11) is -2.90. The Morgan fingerprint density at radius 1 is 1.33 bits per heavy atom. The Kier molecular flexibility index (Phi) is 5.50. The lowest BCUT2D eigenvalue weighted by atomic mass is 10.2. The monoisotopic (exact) mass is 317 g/mol. The lowest BCUT2D eigenvalue weighted by Crippen LogP contribution is -2.30. The van der Waals surface area contributed by atoms with Gasteiger partial charge in [-0.05, 0) is 18.2 Å². The maximum atomic E-state index is 12.1. The minimum atomic E-state index is -4.03. The predicted molar refractivity (Wildman–Crippen MR) is 72.9 cm³/mol. The number of hydrogen-bond acceptors (Lipinski definition) is 7. The molecule has 0 saturated heterocycles. The molecule has 0 spiro atoms. The summed E-state index contributed by atoms with van der Waals surface area (Å²) in [5, 5.41) is 0. The van der Waals surface area contributed by atoms with Crippen LogP contribution in [0.4, 0.5) is 10.5 Å². The first-order valence-electron chi connectivity index (χ1n) is 5.67. The molecular formula is C11H15N3O6S. The van der Waals surface area contributed by atoms with Crippen LogP contribution in [-0.4, -0.2) is 40.7 Å². The lowest BCUT2D eigenvalue weighted by molar-refractivity contribution is 0.0596. The number of amides is 1. The first-order valence-corrected chi connectivity index (χ1v) is 7.16. The van der Waals surface area contributed by atoms with Crippen molar-refractivity contribution in [3.63, 3.8) is 0 Å². The Balaban J connectivity index is 2.99. The van der Waals surface area contributed by atoms with Gasteiger partial charge in [-0.15, -0.1) is 0 Å². The normalized spacial score (nSPS) is 10.9. The van der Waals surface area contributed by atoms with Gasteiger partial charge in [0.15, 0.2) is 0 Å². The third-order valence-electron chi connectivity index (χ3n) is 2.34. The van der Waals surface area contributed by atoms with E-state index in [1.807, 2.05) is 0 Å². The molecule has 1 rings (SSSR count). The molecule has 9 nitrogen and oxygen atoms in total. The minimum absolute atomic E-state index is 0.157. The summed E-state index contributed by atoms with van der Waals surface area (Å²) in [5.74, 6) is -0.816. The summed E-state index contributed by atoms with van der Waals surface area (Å²) >= 11 is 0. The molecule has 0 atom stereocenters. The summed E-state index contributed by atoms with van der Waals surface area (Å²) in [5.41, 5.74) is 10.3. The van der Waals surface area contributed by atoms with Crippen LogP contribution in [0, 0.1) is 0 Å². The Bertz CT molecular complexity index is 643. The number of sulfonamides is 1. The number of hydrogen-bond donors (Lipinski definition) is 3. The number of methoxy groups -OCH3 is 1. The highest BCUT2D eigenvalue weighted by atomic mass is 32.2. The third-order valence-corrected chi connectivity index (χ3v) is 3.84. The number of nitrogen functional groups attached to an aromatic ring is 1. The van der Waals surface area contributed by atoms with E-state index < -0.39 is 22.1 Å². The van der Waals surface area contributed by atoms with E-state index in [4.69, 9.17) is 11.5 Å². The molecule has 0 aliphatic carbocycles. The number of nitrogens with one attached hydrogen (secondary N) is 1. The van der Waals surface area contributed by atoms with Crippen molar-refractivity contribution in [3.8, 4) is 0 Å². The molecule has 0 unspecified atom stereocenters. The van der Waals surface area contributed by atoms with Crippen molar-refractivity contribution in [3.05, 3.63) is 23.8 Å². The van der Waals surface area contributed by atoms with E-state index in [1.165, 1.54) is 12.1 Å². The van der Waals surface area contributed by atoms with Crippen LogP contribution in [0.15, 0.2) is 23.1 Å². The van der Waals surface area contributed by atoms with Gasteiger partial charge in [0.1, 0.15) is 6.61 Å². The molecule has 10 heteroatoms. The van der Waals surface area contributed by atoms with E-state index in [9.17, 15) is 18.0 Å². The molecule has 0 aliphatic heterocycles. The minimum Gasteiger partial charge on any atom is -0.465 e. The quantitative estimate of drug-likeness (QED) is 0.361. The van der Waals surface area contributed by atoms with E-state index >= 15 is 0 Å². The number of carbonyl (C=O) groups excluding carboxylic acids is 2. The van der Waals surface area contributed by atoms with Crippen LogP contribution < -0.4 is 16.2 Å². The maximum absolute atomic E-state index is 12.1. The maximum Gasteiger partial charge on any atom is 0.404 e. The van der Waals surface area contributed by atoms with Crippen LogP contribution in [0.25, 0.3) is 0 Å². The van der Waals surface area contributed by atoms with E-state index in [0.717, 1.165) is 13.2 Å². The van der Waals surface area contributed by atoms with Gasteiger partial charge in [0.2, 0.25) is 10.0 Å². The smallest absolute Gasteiger partial charge is 0.404 e. The third kappa shape index (κ3) is 4.61. The van der Waals surface area contributed by atoms with Crippen LogP contribution >= 0.6 is 0 Å². The van der Waals surface area contributed by atoms with Gasteiger partial charge >= 0.3 is 12.1 Å². The highest BCUT2D eigenvalue weighted by Gasteiger charge is 2.23. The van der Waals surface area contributed by atoms with Crippen molar-refractivity contribution in [2.24, 2.45) is 5.73 Å². The molecule has 1 amide bonds. The van der Waals surface area contributed by atoms with Crippen molar-refractivity contribution in [1.29, 1.82) is 0 Å². The second-order valence-corrected chi connectivity index (χ2v) is 5.55. The van der Waals surface area contributed by atoms with Gasteiger partial charge in [-0.2, -0.15) is 0 Å². The Morgan fingerprint density at radius 3 is 2.57 bits per heavy atom. The SMILES string of the molecule is COC(=O)c1ccc(N)cc1S(=O)(=O)NCCOC(N)=O. The van der Waals surface area contributed by atoms with Gasteiger partial charge in [0, 0.05) is 12.2 Å². The molecule has 0 aromatic heterocycles. The molecule has 0 radical (unpaired) electrons. The number of primary amides is 1. The zero-order chi connectivity index (χ0) is 16.0. The topological polar surface area (TPSA) is 151 Å². The average molecular weight is 317 g/mol. The number of nitrogens with two attached hydrogens (primary N) is 2. The highest BCUT2D eigenvalue weighted by Crippen LogP contribution is 2.19.